The second kappa shape index (κ2) is 6.93. The van der Waals surface area contributed by atoms with E-state index in [-0.39, 0.29) is 18.4 Å². The molecule has 1 aromatic rings. The van der Waals surface area contributed by atoms with Crippen LogP contribution in [0.25, 0.3) is 0 Å². The van der Waals surface area contributed by atoms with Crippen LogP contribution >= 0.6 is 0 Å². The maximum atomic E-state index is 12.7. The first-order valence-electron chi connectivity index (χ1n) is 6.80. The van der Waals surface area contributed by atoms with E-state index in [4.69, 9.17) is 5.73 Å². The SMILES string of the molecule is Cc1cc(CNC(=O)[C@@H](N)CC(C)C)cc(C(F)(F)F)c1. The van der Waals surface area contributed by atoms with Crippen LogP contribution in [0, 0.1) is 12.8 Å². The summed E-state index contributed by atoms with van der Waals surface area (Å²) in [6.07, 6.45) is -3.85. The van der Waals surface area contributed by atoms with Crippen LogP contribution in [0.1, 0.15) is 37.0 Å². The summed E-state index contributed by atoms with van der Waals surface area (Å²) in [5, 5.41) is 2.58. The number of amides is 1. The Morgan fingerprint density at radius 1 is 1.29 bits per heavy atom. The van der Waals surface area contributed by atoms with Gasteiger partial charge in [-0.25, -0.2) is 0 Å². The number of nitrogens with one attached hydrogen (secondary N) is 1. The Morgan fingerprint density at radius 3 is 2.43 bits per heavy atom. The van der Waals surface area contributed by atoms with Crippen molar-refractivity contribution in [2.45, 2.75) is 46.0 Å². The molecule has 1 rings (SSSR count). The lowest BCUT2D eigenvalue weighted by Gasteiger charge is -2.15. The van der Waals surface area contributed by atoms with Crippen LogP contribution in [0.5, 0.6) is 0 Å². The number of carbonyl (C=O) groups excluding carboxylic acids is 1. The molecular formula is C15H21F3N2O. The van der Waals surface area contributed by atoms with Gasteiger partial charge in [0.05, 0.1) is 11.6 Å². The van der Waals surface area contributed by atoms with Crippen molar-refractivity contribution in [1.82, 2.24) is 5.32 Å². The molecule has 0 unspecified atom stereocenters. The molecule has 3 nitrogen and oxygen atoms in total. The van der Waals surface area contributed by atoms with E-state index in [1.54, 1.807) is 13.0 Å². The lowest BCUT2D eigenvalue weighted by atomic mass is 10.0. The number of alkyl halides is 3. The summed E-state index contributed by atoms with van der Waals surface area (Å²) >= 11 is 0. The van der Waals surface area contributed by atoms with Crippen LogP contribution in [-0.2, 0) is 17.5 Å². The summed E-state index contributed by atoms with van der Waals surface area (Å²) in [5.41, 5.74) is 5.92. The highest BCUT2D eigenvalue weighted by atomic mass is 19.4. The van der Waals surface area contributed by atoms with Crippen LogP contribution in [0.4, 0.5) is 13.2 Å². The molecule has 0 aliphatic heterocycles. The first kappa shape index (κ1) is 17.5. The van der Waals surface area contributed by atoms with Crippen molar-refractivity contribution >= 4 is 5.91 Å². The molecule has 0 saturated heterocycles. The monoisotopic (exact) mass is 302 g/mol. The zero-order valence-corrected chi connectivity index (χ0v) is 12.4. The summed E-state index contributed by atoms with van der Waals surface area (Å²) in [5.74, 6) is -0.0692. The van der Waals surface area contributed by atoms with E-state index < -0.39 is 17.8 Å². The third-order valence-corrected chi connectivity index (χ3v) is 2.99. The number of rotatable bonds is 5. The minimum Gasteiger partial charge on any atom is -0.351 e. The Bertz CT molecular complexity index is 498. The minimum absolute atomic E-state index is 0.0371. The second-order valence-corrected chi connectivity index (χ2v) is 5.66. The van der Waals surface area contributed by atoms with Crippen molar-refractivity contribution in [3.05, 3.63) is 34.9 Å². The molecule has 0 radical (unpaired) electrons. The van der Waals surface area contributed by atoms with E-state index in [9.17, 15) is 18.0 Å². The van der Waals surface area contributed by atoms with E-state index in [0.29, 0.717) is 17.5 Å². The van der Waals surface area contributed by atoms with Gasteiger partial charge in [0, 0.05) is 6.54 Å². The highest BCUT2D eigenvalue weighted by Crippen LogP contribution is 2.30. The average molecular weight is 302 g/mol. The number of hydrogen-bond acceptors (Lipinski definition) is 2. The smallest absolute Gasteiger partial charge is 0.351 e. The van der Waals surface area contributed by atoms with Crippen molar-refractivity contribution < 1.29 is 18.0 Å². The molecule has 0 heterocycles. The summed E-state index contributed by atoms with van der Waals surface area (Å²) < 4.78 is 38.1. The number of carbonyl (C=O) groups is 1. The van der Waals surface area contributed by atoms with Gasteiger partial charge in [0.2, 0.25) is 5.91 Å². The van der Waals surface area contributed by atoms with Crippen LogP contribution in [0.15, 0.2) is 18.2 Å². The van der Waals surface area contributed by atoms with Gasteiger partial charge in [-0.3, -0.25) is 4.79 Å². The van der Waals surface area contributed by atoms with E-state index >= 15 is 0 Å². The zero-order valence-electron chi connectivity index (χ0n) is 12.4. The lowest BCUT2D eigenvalue weighted by molar-refractivity contribution is -0.137. The fourth-order valence-corrected chi connectivity index (χ4v) is 2.06. The predicted octanol–water partition coefficient (Wildman–Crippen LogP) is 3.00. The summed E-state index contributed by atoms with van der Waals surface area (Å²) in [4.78, 5) is 11.8. The Kier molecular flexibility index (Phi) is 5.78. The van der Waals surface area contributed by atoms with Gasteiger partial charge in [-0.2, -0.15) is 13.2 Å². The summed E-state index contributed by atoms with van der Waals surface area (Å²) in [6.45, 7) is 5.52. The molecule has 0 aromatic heterocycles. The van der Waals surface area contributed by atoms with Gasteiger partial charge < -0.3 is 11.1 Å². The maximum absolute atomic E-state index is 12.7. The van der Waals surface area contributed by atoms with Gasteiger partial charge in [0.15, 0.2) is 0 Å². The Hall–Kier alpha value is -1.56. The normalized spacial score (nSPS) is 13.3. The van der Waals surface area contributed by atoms with Crippen molar-refractivity contribution in [3.8, 4) is 0 Å². The molecule has 118 valence electrons. The number of aryl methyl sites for hydroxylation is 1. The van der Waals surface area contributed by atoms with Crippen LogP contribution in [-0.4, -0.2) is 11.9 Å². The van der Waals surface area contributed by atoms with Crippen LogP contribution in [0.3, 0.4) is 0 Å². The van der Waals surface area contributed by atoms with E-state index in [2.05, 4.69) is 5.32 Å². The Morgan fingerprint density at radius 2 is 1.90 bits per heavy atom. The molecule has 0 aliphatic rings. The van der Waals surface area contributed by atoms with Gasteiger partial charge in [-0.1, -0.05) is 25.5 Å². The highest BCUT2D eigenvalue weighted by molar-refractivity contribution is 5.81. The van der Waals surface area contributed by atoms with Gasteiger partial charge in [-0.05, 0) is 37.0 Å². The van der Waals surface area contributed by atoms with Crippen molar-refractivity contribution in [2.75, 3.05) is 0 Å². The molecule has 6 heteroatoms. The van der Waals surface area contributed by atoms with Crippen molar-refractivity contribution in [2.24, 2.45) is 11.7 Å². The fraction of sp³-hybridized carbons (Fsp3) is 0.533. The third kappa shape index (κ3) is 5.75. The largest absolute Gasteiger partial charge is 0.416 e. The molecule has 0 saturated carbocycles. The van der Waals surface area contributed by atoms with Gasteiger partial charge >= 0.3 is 6.18 Å². The highest BCUT2D eigenvalue weighted by Gasteiger charge is 2.30. The number of halogens is 3. The quantitative estimate of drug-likeness (QED) is 0.878. The van der Waals surface area contributed by atoms with E-state index in [1.165, 1.54) is 0 Å². The van der Waals surface area contributed by atoms with Crippen molar-refractivity contribution in [1.29, 1.82) is 0 Å². The third-order valence-electron chi connectivity index (χ3n) is 2.99. The maximum Gasteiger partial charge on any atom is 0.416 e. The molecule has 0 aliphatic carbocycles. The van der Waals surface area contributed by atoms with E-state index in [1.807, 2.05) is 13.8 Å². The molecule has 1 atom stereocenters. The molecule has 1 amide bonds. The molecule has 1 aromatic carbocycles. The Labute approximate surface area is 122 Å². The van der Waals surface area contributed by atoms with Gasteiger partial charge in [0.25, 0.3) is 0 Å². The zero-order chi connectivity index (χ0) is 16.2. The second-order valence-electron chi connectivity index (χ2n) is 5.66. The van der Waals surface area contributed by atoms with Crippen LogP contribution in [0.2, 0.25) is 0 Å². The van der Waals surface area contributed by atoms with Gasteiger partial charge in [0.1, 0.15) is 0 Å². The number of nitrogens with two attached hydrogens (primary N) is 1. The summed E-state index contributed by atoms with van der Waals surface area (Å²) in [6, 6.07) is 3.09. The average Bonchev–Trinajstić information content (AvgIpc) is 2.33. The molecular weight excluding hydrogens is 281 g/mol. The fourth-order valence-electron chi connectivity index (χ4n) is 2.06. The Balaban J connectivity index is 2.72. The summed E-state index contributed by atoms with van der Waals surface area (Å²) in [7, 11) is 0. The van der Waals surface area contributed by atoms with Crippen LogP contribution < -0.4 is 11.1 Å². The first-order valence-corrected chi connectivity index (χ1v) is 6.80. The number of hydrogen-bond donors (Lipinski definition) is 2. The van der Waals surface area contributed by atoms with Gasteiger partial charge in [-0.15, -0.1) is 0 Å². The molecule has 0 fully saturated rings. The molecule has 0 spiro atoms. The van der Waals surface area contributed by atoms with Crippen molar-refractivity contribution in [3.63, 3.8) is 0 Å². The minimum atomic E-state index is -4.39. The van der Waals surface area contributed by atoms with E-state index in [0.717, 1.165) is 12.1 Å². The topological polar surface area (TPSA) is 55.1 Å². The molecule has 0 bridgehead atoms. The molecule has 21 heavy (non-hydrogen) atoms. The predicted molar refractivity (Wildman–Crippen MR) is 75.5 cm³/mol. The first-order chi connectivity index (χ1) is 9.59. The lowest BCUT2D eigenvalue weighted by Crippen LogP contribution is -2.41. The molecule has 3 N–H and O–H groups in total. The number of benzene rings is 1. The standard InChI is InChI=1S/C15H21F3N2O/c1-9(2)4-13(19)14(21)20-8-11-5-10(3)6-12(7-11)15(16,17)18/h5-7,9,13H,4,8,19H2,1-3H3,(H,20,21)/t13-/m0/s1.